The van der Waals surface area contributed by atoms with E-state index in [0.717, 1.165) is 34.3 Å². The van der Waals surface area contributed by atoms with E-state index < -0.39 is 0 Å². The lowest BCUT2D eigenvalue weighted by Crippen LogP contribution is -2.24. The van der Waals surface area contributed by atoms with Gasteiger partial charge in [-0.15, -0.1) is 5.10 Å². The monoisotopic (exact) mass is 386 g/mol. The van der Waals surface area contributed by atoms with E-state index in [-0.39, 0.29) is 5.91 Å². The Morgan fingerprint density at radius 2 is 2.08 bits per heavy atom. The summed E-state index contributed by atoms with van der Waals surface area (Å²) in [7, 11) is 0. The molecule has 2 heterocycles. The molecule has 0 saturated heterocycles. The van der Waals surface area contributed by atoms with Gasteiger partial charge in [-0.2, -0.15) is 0 Å². The lowest BCUT2D eigenvalue weighted by atomic mass is 10.2. The summed E-state index contributed by atoms with van der Waals surface area (Å²) in [6, 6.07) is 9.63. The van der Waals surface area contributed by atoms with Crippen molar-refractivity contribution in [2.24, 2.45) is 0 Å². The van der Waals surface area contributed by atoms with Crippen LogP contribution in [0.1, 0.15) is 40.5 Å². The van der Waals surface area contributed by atoms with Crippen LogP contribution in [0.3, 0.4) is 0 Å². The van der Waals surface area contributed by atoms with Crippen LogP contribution in [0.5, 0.6) is 0 Å². The number of aromatic nitrogens is 3. The van der Waals surface area contributed by atoms with Crippen molar-refractivity contribution in [2.75, 3.05) is 0 Å². The van der Waals surface area contributed by atoms with E-state index in [0.29, 0.717) is 18.2 Å². The van der Waals surface area contributed by atoms with Gasteiger partial charge in [0.05, 0.1) is 23.9 Å². The first-order chi connectivity index (χ1) is 11.7. The van der Waals surface area contributed by atoms with Gasteiger partial charge >= 0.3 is 0 Å². The molecule has 1 aliphatic carbocycles. The number of halogens is 1. The number of nitrogens with one attached hydrogen (secondary N) is 1. The summed E-state index contributed by atoms with van der Waals surface area (Å²) < 4.78 is 7.78. The van der Waals surface area contributed by atoms with Crippen LogP contribution >= 0.6 is 15.9 Å². The van der Waals surface area contributed by atoms with Crippen LogP contribution in [0.4, 0.5) is 0 Å². The molecular formula is C17H15BrN4O2. The Kier molecular flexibility index (Phi) is 3.93. The number of hydrogen-bond donors (Lipinski definition) is 1. The Labute approximate surface area is 147 Å². The van der Waals surface area contributed by atoms with Crippen LogP contribution in [-0.4, -0.2) is 20.9 Å². The fourth-order valence-corrected chi connectivity index (χ4v) is 2.87. The van der Waals surface area contributed by atoms with Crippen LogP contribution in [0.2, 0.25) is 0 Å². The maximum atomic E-state index is 12.5. The number of benzene rings is 1. The van der Waals surface area contributed by atoms with Crippen LogP contribution in [0, 0.1) is 0 Å². The third kappa shape index (κ3) is 2.99. The Hall–Kier alpha value is -2.41. The molecule has 24 heavy (non-hydrogen) atoms. The third-order valence-electron chi connectivity index (χ3n) is 3.99. The van der Waals surface area contributed by atoms with Gasteiger partial charge in [0.15, 0.2) is 5.69 Å². The van der Waals surface area contributed by atoms with Crippen molar-refractivity contribution >= 4 is 21.8 Å². The molecule has 1 fully saturated rings. The number of amides is 1. The smallest absolute Gasteiger partial charge is 0.274 e. The van der Waals surface area contributed by atoms with E-state index in [9.17, 15) is 4.79 Å². The second-order valence-electron chi connectivity index (χ2n) is 5.80. The largest absolute Gasteiger partial charge is 0.472 e. The summed E-state index contributed by atoms with van der Waals surface area (Å²) in [5.41, 5.74) is 3.11. The molecule has 0 radical (unpaired) electrons. The first-order valence-corrected chi connectivity index (χ1v) is 8.52. The van der Waals surface area contributed by atoms with Crippen molar-refractivity contribution in [1.82, 2.24) is 20.3 Å². The molecule has 3 aromatic rings. The number of nitrogens with zero attached hydrogens (tertiary/aromatic N) is 3. The summed E-state index contributed by atoms with van der Waals surface area (Å²) in [4.78, 5) is 12.5. The number of carbonyl (C=O) groups excluding carboxylic acids is 1. The molecule has 1 N–H and O–H groups in total. The first-order valence-electron chi connectivity index (χ1n) is 7.73. The fraction of sp³-hybridized carbons (Fsp3) is 0.235. The molecule has 0 bridgehead atoms. The van der Waals surface area contributed by atoms with Gasteiger partial charge in [0.25, 0.3) is 5.91 Å². The minimum absolute atomic E-state index is 0.207. The van der Waals surface area contributed by atoms with Gasteiger partial charge in [-0.25, -0.2) is 4.68 Å². The zero-order valence-electron chi connectivity index (χ0n) is 12.8. The summed E-state index contributed by atoms with van der Waals surface area (Å²) in [5, 5.41) is 11.2. The maximum absolute atomic E-state index is 12.5. The standard InChI is InChI=1S/C17H15BrN4O2/c18-13-3-5-14(6-4-13)22-16(12-1-2-12)15(20-21-22)17(23)19-9-11-7-8-24-10-11/h3-8,10,12H,1-2,9H2,(H,19,23). The first kappa shape index (κ1) is 15.1. The van der Waals surface area contributed by atoms with E-state index in [1.807, 2.05) is 30.3 Å². The zero-order valence-corrected chi connectivity index (χ0v) is 14.4. The van der Waals surface area contributed by atoms with Gasteiger partial charge in [-0.1, -0.05) is 21.1 Å². The Morgan fingerprint density at radius 3 is 2.75 bits per heavy atom. The van der Waals surface area contributed by atoms with E-state index >= 15 is 0 Å². The van der Waals surface area contributed by atoms with Crippen LogP contribution in [-0.2, 0) is 6.54 Å². The molecule has 1 aliphatic rings. The Bertz CT molecular complexity index is 851. The second-order valence-corrected chi connectivity index (χ2v) is 6.72. The number of hydrogen-bond acceptors (Lipinski definition) is 4. The van der Waals surface area contributed by atoms with E-state index in [1.54, 1.807) is 17.2 Å². The molecule has 1 amide bonds. The lowest BCUT2D eigenvalue weighted by Gasteiger charge is -2.07. The molecule has 2 aromatic heterocycles. The molecule has 0 spiro atoms. The molecule has 0 unspecified atom stereocenters. The topological polar surface area (TPSA) is 73.0 Å². The normalized spacial score (nSPS) is 13.9. The number of carbonyl (C=O) groups is 1. The molecule has 1 aromatic carbocycles. The van der Waals surface area contributed by atoms with Crippen molar-refractivity contribution in [3.8, 4) is 5.69 Å². The lowest BCUT2D eigenvalue weighted by molar-refractivity contribution is 0.0944. The molecule has 122 valence electrons. The van der Waals surface area contributed by atoms with Gasteiger partial charge < -0.3 is 9.73 Å². The number of furan rings is 1. The highest BCUT2D eigenvalue weighted by Crippen LogP contribution is 2.42. The minimum atomic E-state index is -0.207. The predicted octanol–water partition coefficient (Wildman–Crippen LogP) is 3.43. The Morgan fingerprint density at radius 1 is 1.29 bits per heavy atom. The molecule has 1 saturated carbocycles. The highest BCUT2D eigenvalue weighted by Gasteiger charge is 2.34. The van der Waals surface area contributed by atoms with Gasteiger partial charge in [0, 0.05) is 22.5 Å². The molecule has 0 atom stereocenters. The SMILES string of the molecule is O=C(NCc1ccoc1)c1nnn(-c2ccc(Br)cc2)c1C1CC1. The van der Waals surface area contributed by atoms with E-state index in [4.69, 9.17) is 4.42 Å². The molecule has 6 nitrogen and oxygen atoms in total. The minimum Gasteiger partial charge on any atom is -0.472 e. The van der Waals surface area contributed by atoms with Crippen LogP contribution in [0.25, 0.3) is 5.69 Å². The summed E-state index contributed by atoms with van der Waals surface area (Å²) in [5.74, 6) is 0.139. The van der Waals surface area contributed by atoms with Gasteiger partial charge in [0.1, 0.15) is 0 Å². The van der Waals surface area contributed by atoms with E-state index in [1.165, 1.54) is 0 Å². The summed E-state index contributed by atoms with van der Waals surface area (Å²) in [6.07, 6.45) is 5.32. The highest BCUT2D eigenvalue weighted by atomic mass is 79.9. The maximum Gasteiger partial charge on any atom is 0.274 e. The second kappa shape index (κ2) is 6.24. The third-order valence-corrected chi connectivity index (χ3v) is 4.52. The van der Waals surface area contributed by atoms with Crippen molar-refractivity contribution in [1.29, 1.82) is 0 Å². The average Bonchev–Trinajstić information content (AvgIpc) is 3.12. The van der Waals surface area contributed by atoms with Crippen molar-refractivity contribution in [3.05, 3.63) is 64.3 Å². The summed E-state index contributed by atoms with van der Waals surface area (Å²) >= 11 is 3.43. The molecule has 0 aliphatic heterocycles. The van der Waals surface area contributed by atoms with Crippen molar-refractivity contribution in [2.45, 2.75) is 25.3 Å². The van der Waals surface area contributed by atoms with Crippen molar-refractivity contribution < 1.29 is 9.21 Å². The quantitative estimate of drug-likeness (QED) is 0.728. The molecule has 7 heteroatoms. The van der Waals surface area contributed by atoms with Gasteiger partial charge in [-0.3, -0.25) is 4.79 Å². The summed E-state index contributed by atoms with van der Waals surface area (Å²) in [6.45, 7) is 0.407. The van der Waals surface area contributed by atoms with Gasteiger partial charge in [0.2, 0.25) is 0 Å². The average molecular weight is 387 g/mol. The Balaban J connectivity index is 1.61. The van der Waals surface area contributed by atoms with Crippen molar-refractivity contribution in [3.63, 3.8) is 0 Å². The van der Waals surface area contributed by atoms with E-state index in [2.05, 4.69) is 31.6 Å². The van der Waals surface area contributed by atoms with Crippen LogP contribution in [0.15, 0.2) is 51.7 Å². The highest BCUT2D eigenvalue weighted by molar-refractivity contribution is 9.10. The number of rotatable bonds is 5. The molecule has 4 rings (SSSR count). The fourth-order valence-electron chi connectivity index (χ4n) is 2.61. The predicted molar refractivity (Wildman–Crippen MR) is 90.9 cm³/mol. The molecular weight excluding hydrogens is 372 g/mol. The van der Waals surface area contributed by atoms with Gasteiger partial charge in [-0.05, 0) is 43.2 Å². The zero-order chi connectivity index (χ0) is 16.5. The van der Waals surface area contributed by atoms with Crippen LogP contribution < -0.4 is 5.32 Å².